The predicted molar refractivity (Wildman–Crippen MR) is 114 cm³/mol. The molecule has 1 aliphatic rings. The molecule has 152 valence electrons. The first-order valence-electron chi connectivity index (χ1n) is 10.4. The summed E-state index contributed by atoms with van der Waals surface area (Å²) in [5.74, 6) is 1.63. The lowest BCUT2D eigenvalue weighted by Gasteiger charge is -2.15. The van der Waals surface area contributed by atoms with Crippen LogP contribution < -0.4 is 5.32 Å². The normalized spacial score (nSPS) is 18.7. The molecule has 7 heteroatoms. The first-order chi connectivity index (χ1) is 14.7. The lowest BCUT2D eigenvalue weighted by molar-refractivity contribution is -0.124. The van der Waals surface area contributed by atoms with Crippen LogP contribution in [0.25, 0.3) is 33.9 Å². The van der Waals surface area contributed by atoms with Crippen LogP contribution in [0.2, 0.25) is 0 Å². The molecule has 5 rings (SSSR count). The number of rotatable bonds is 5. The van der Waals surface area contributed by atoms with Gasteiger partial charge in [-0.25, -0.2) is 4.98 Å². The average Bonchev–Trinajstić information content (AvgIpc) is 3.52. The fraction of sp³-hybridized carbons (Fsp3) is 0.304. The van der Waals surface area contributed by atoms with E-state index in [2.05, 4.69) is 25.1 Å². The fourth-order valence-electron chi connectivity index (χ4n) is 4.24. The van der Waals surface area contributed by atoms with Crippen molar-refractivity contribution in [2.24, 2.45) is 5.92 Å². The number of carbonyl (C=O) groups excluding carboxylic acids is 1. The van der Waals surface area contributed by atoms with E-state index in [0.717, 1.165) is 47.3 Å². The van der Waals surface area contributed by atoms with Crippen LogP contribution in [0.15, 0.2) is 59.3 Å². The van der Waals surface area contributed by atoms with Gasteiger partial charge in [-0.3, -0.25) is 4.79 Å². The summed E-state index contributed by atoms with van der Waals surface area (Å²) in [5, 5.41) is 11.4. The first-order valence-corrected chi connectivity index (χ1v) is 10.4. The van der Waals surface area contributed by atoms with Gasteiger partial charge in [0.15, 0.2) is 11.4 Å². The Kier molecular flexibility index (Phi) is 4.78. The number of nitrogens with zero attached hydrogens (tertiary/aromatic N) is 4. The van der Waals surface area contributed by atoms with Crippen LogP contribution in [-0.4, -0.2) is 32.2 Å². The molecule has 2 aromatic heterocycles. The minimum atomic E-state index is 0.0618. The molecule has 0 unspecified atom stereocenters. The maximum Gasteiger partial charge on any atom is 0.227 e. The highest BCUT2D eigenvalue weighted by Crippen LogP contribution is 2.37. The van der Waals surface area contributed by atoms with E-state index in [9.17, 15) is 4.79 Å². The van der Waals surface area contributed by atoms with Gasteiger partial charge in [0.25, 0.3) is 0 Å². The van der Waals surface area contributed by atoms with Crippen LogP contribution in [0.4, 0.5) is 0 Å². The molecule has 2 aromatic carbocycles. The van der Waals surface area contributed by atoms with Gasteiger partial charge in [0.1, 0.15) is 11.8 Å². The van der Waals surface area contributed by atoms with Gasteiger partial charge in [0, 0.05) is 29.6 Å². The van der Waals surface area contributed by atoms with E-state index < -0.39 is 0 Å². The second-order valence-corrected chi connectivity index (χ2v) is 7.68. The maximum absolute atomic E-state index is 12.2. The highest BCUT2D eigenvalue weighted by Gasteiger charge is 2.31. The van der Waals surface area contributed by atoms with Crippen molar-refractivity contribution < 1.29 is 9.21 Å². The summed E-state index contributed by atoms with van der Waals surface area (Å²) in [6.45, 7) is 2.62. The number of fused-ring (bicyclic) bond motifs is 1. The number of nitrogens with one attached hydrogen (secondary N) is 1. The summed E-state index contributed by atoms with van der Waals surface area (Å²) < 4.78 is 7.97. The van der Waals surface area contributed by atoms with E-state index in [-0.39, 0.29) is 17.9 Å². The molecule has 0 saturated heterocycles. The van der Waals surface area contributed by atoms with Crippen molar-refractivity contribution in [3.63, 3.8) is 0 Å². The topological polar surface area (TPSA) is 85.8 Å². The Balaban J connectivity index is 1.37. The largest absolute Gasteiger partial charge is 0.436 e. The smallest absolute Gasteiger partial charge is 0.227 e. The summed E-state index contributed by atoms with van der Waals surface area (Å²) in [7, 11) is 0. The van der Waals surface area contributed by atoms with Gasteiger partial charge in [-0.05, 0) is 50.5 Å². The quantitative estimate of drug-likeness (QED) is 0.541. The van der Waals surface area contributed by atoms with Crippen molar-refractivity contribution in [2.75, 3.05) is 6.54 Å². The van der Waals surface area contributed by atoms with Gasteiger partial charge in [0.2, 0.25) is 11.8 Å². The monoisotopic (exact) mass is 401 g/mol. The van der Waals surface area contributed by atoms with E-state index >= 15 is 0 Å². The van der Waals surface area contributed by atoms with Gasteiger partial charge >= 0.3 is 0 Å². The molecule has 7 nitrogen and oxygen atoms in total. The van der Waals surface area contributed by atoms with Crippen LogP contribution in [0, 0.1) is 5.92 Å². The summed E-state index contributed by atoms with van der Waals surface area (Å²) in [6, 6.07) is 16.0. The van der Waals surface area contributed by atoms with Crippen molar-refractivity contribution in [2.45, 2.75) is 32.2 Å². The Morgan fingerprint density at radius 1 is 1.13 bits per heavy atom. The average molecular weight is 401 g/mol. The van der Waals surface area contributed by atoms with Crippen LogP contribution in [0.5, 0.6) is 0 Å². The number of para-hydroxylation sites is 2. The molecule has 2 heterocycles. The van der Waals surface area contributed by atoms with Crippen molar-refractivity contribution in [1.29, 1.82) is 0 Å². The third kappa shape index (κ3) is 3.36. The zero-order valence-corrected chi connectivity index (χ0v) is 16.8. The Labute approximate surface area is 174 Å². The molecule has 4 aromatic rings. The van der Waals surface area contributed by atoms with E-state index in [4.69, 9.17) is 4.42 Å². The fourth-order valence-corrected chi connectivity index (χ4v) is 4.24. The highest BCUT2D eigenvalue weighted by atomic mass is 16.3. The van der Waals surface area contributed by atoms with E-state index in [0.29, 0.717) is 12.4 Å². The van der Waals surface area contributed by atoms with Crippen LogP contribution in [-0.2, 0) is 4.79 Å². The summed E-state index contributed by atoms with van der Waals surface area (Å²) in [4.78, 5) is 16.7. The first kappa shape index (κ1) is 18.5. The SMILES string of the molecule is CCNC(=O)[C@H]1CC[C@@H](n2cnnc2-c2ccc(-c3nc4ccccc4o3)cc2)C1. The van der Waals surface area contributed by atoms with Gasteiger partial charge < -0.3 is 14.3 Å². The lowest BCUT2D eigenvalue weighted by Crippen LogP contribution is -2.29. The zero-order valence-electron chi connectivity index (χ0n) is 16.8. The zero-order chi connectivity index (χ0) is 20.5. The molecule has 0 aliphatic heterocycles. The van der Waals surface area contributed by atoms with Crippen LogP contribution >= 0.6 is 0 Å². The van der Waals surface area contributed by atoms with Crippen molar-refractivity contribution in [3.8, 4) is 22.8 Å². The predicted octanol–water partition coefficient (Wildman–Crippen LogP) is 4.23. The number of hydrogen-bond donors (Lipinski definition) is 1. The molecule has 1 amide bonds. The number of oxazole rings is 1. The summed E-state index contributed by atoms with van der Waals surface area (Å²) in [6.07, 6.45) is 4.44. The molecule has 1 saturated carbocycles. The van der Waals surface area contributed by atoms with Gasteiger partial charge in [-0.2, -0.15) is 0 Å². The molecule has 30 heavy (non-hydrogen) atoms. The lowest BCUT2D eigenvalue weighted by atomic mass is 10.1. The van der Waals surface area contributed by atoms with Crippen molar-refractivity contribution >= 4 is 17.0 Å². The molecule has 0 radical (unpaired) electrons. The van der Waals surface area contributed by atoms with Gasteiger partial charge in [-0.1, -0.05) is 24.3 Å². The number of benzene rings is 2. The van der Waals surface area contributed by atoms with Gasteiger partial charge in [-0.15, -0.1) is 10.2 Å². The minimum Gasteiger partial charge on any atom is -0.436 e. The summed E-state index contributed by atoms with van der Waals surface area (Å²) in [5.41, 5.74) is 3.52. The third-order valence-corrected chi connectivity index (χ3v) is 5.78. The molecular weight excluding hydrogens is 378 g/mol. The molecular formula is C23H23N5O2. The number of aromatic nitrogens is 4. The summed E-state index contributed by atoms with van der Waals surface area (Å²) >= 11 is 0. The van der Waals surface area contributed by atoms with Crippen molar-refractivity contribution in [3.05, 3.63) is 54.9 Å². The molecule has 0 spiro atoms. The highest BCUT2D eigenvalue weighted by molar-refractivity contribution is 5.79. The van der Waals surface area contributed by atoms with E-state index in [1.165, 1.54) is 0 Å². The van der Waals surface area contributed by atoms with Crippen molar-refractivity contribution in [1.82, 2.24) is 25.1 Å². The third-order valence-electron chi connectivity index (χ3n) is 5.78. The Morgan fingerprint density at radius 3 is 2.73 bits per heavy atom. The molecule has 0 bridgehead atoms. The molecule has 1 N–H and O–H groups in total. The molecule has 1 fully saturated rings. The Bertz CT molecular complexity index is 1140. The molecule has 1 aliphatic carbocycles. The number of hydrogen-bond acceptors (Lipinski definition) is 5. The second kappa shape index (κ2) is 7.74. The Morgan fingerprint density at radius 2 is 1.93 bits per heavy atom. The molecule has 2 atom stereocenters. The Hall–Kier alpha value is -3.48. The van der Waals surface area contributed by atoms with E-state index in [1.807, 2.05) is 55.5 Å². The number of carbonyl (C=O) groups is 1. The van der Waals surface area contributed by atoms with Crippen LogP contribution in [0.1, 0.15) is 32.2 Å². The number of amides is 1. The van der Waals surface area contributed by atoms with Crippen LogP contribution in [0.3, 0.4) is 0 Å². The van der Waals surface area contributed by atoms with E-state index in [1.54, 1.807) is 6.33 Å². The second-order valence-electron chi connectivity index (χ2n) is 7.68. The minimum absolute atomic E-state index is 0.0618. The standard InChI is InChI=1S/C23H23N5O2/c1-2-24-22(29)17-11-12-18(13-17)28-14-25-27-21(28)15-7-9-16(10-8-15)23-26-19-5-3-4-6-20(19)30-23/h3-10,14,17-18H,2,11-13H2,1H3,(H,24,29)/t17-,18+/m0/s1. The maximum atomic E-state index is 12.2. The van der Waals surface area contributed by atoms with Gasteiger partial charge in [0.05, 0.1) is 0 Å².